The number of benzene rings is 1. The van der Waals surface area contributed by atoms with Crippen molar-refractivity contribution in [1.82, 2.24) is 0 Å². The van der Waals surface area contributed by atoms with Crippen molar-refractivity contribution >= 4 is 11.6 Å². The second-order valence-electron chi connectivity index (χ2n) is 3.65. The van der Waals surface area contributed by atoms with Gasteiger partial charge in [-0.2, -0.15) is 0 Å². The predicted molar refractivity (Wildman–Crippen MR) is 56.2 cm³/mol. The molecule has 0 spiro atoms. The van der Waals surface area contributed by atoms with Gasteiger partial charge in [0.05, 0.1) is 0 Å². The van der Waals surface area contributed by atoms with E-state index in [1.165, 1.54) is 5.56 Å². The van der Waals surface area contributed by atoms with E-state index in [0.717, 1.165) is 17.9 Å². The molecular formula is C11H13ClO2. The molecule has 1 aliphatic heterocycles. The van der Waals surface area contributed by atoms with Crippen LogP contribution in [0.15, 0.2) is 18.2 Å². The quantitative estimate of drug-likeness (QED) is 0.718. The molecule has 1 unspecified atom stereocenters. The molecule has 0 aliphatic carbocycles. The number of hydrogen-bond donors (Lipinski definition) is 0. The molecule has 1 heterocycles. The fraction of sp³-hybridized carbons (Fsp3) is 0.455. The Hall–Kier alpha value is -0.890. The predicted octanol–water partition coefficient (Wildman–Crippen LogP) is 2.83. The summed E-state index contributed by atoms with van der Waals surface area (Å²) in [6.45, 7) is 2.47. The molecule has 0 saturated carbocycles. The summed E-state index contributed by atoms with van der Waals surface area (Å²) in [5.74, 6) is 2.88. The molecule has 0 N–H and O–H groups in total. The van der Waals surface area contributed by atoms with Gasteiger partial charge < -0.3 is 9.47 Å². The van der Waals surface area contributed by atoms with Crippen LogP contribution in [0.1, 0.15) is 12.5 Å². The van der Waals surface area contributed by atoms with Gasteiger partial charge in [-0.1, -0.05) is 13.0 Å². The van der Waals surface area contributed by atoms with Gasteiger partial charge in [-0.25, -0.2) is 0 Å². The molecule has 1 aromatic rings. The van der Waals surface area contributed by atoms with Gasteiger partial charge in [0.1, 0.15) is 0 Å². The van der Waals surface area contributed by atoms with Crippen molar-refractivity contribution in [3.8, 4) is 11.5 Å². The first-order valence-electron chi connectivity index (χ1n) is 4.74. The van der Waals surface area contributed by atoms with Crippen LogP contribution in [-0.4, -0.2) is 12.7 Å². The molecule has 1 atom stereocenters. The van der Waals surface area contributed by atoms with Crippen LogP contribution in [0.2, 0.25) is 0 Å². The van der Waals surface area contributed by atoms with Crippen molar-refractivity contribution < 1.29 is 9.47 Å². The molecule has 0 bridgehead atoms. The average molecular weight is 213 g/mol. The molecule has 2 nitrogen and oxygen atoms in total. The van der Waals surface area contributed by atoms with Crippen molar-refractivity contribution in [2.24, 2.45) is 5.92 Å². The Bertz CT molecular complexity index is 325. The maximum absolute atomic E-state index is 5.76. The molecule has 1 aromatic carbocycles. The fourth-order valence-electron chi connectivity index (χ4n) is 1.52. The third-order valence-electron chi connectivity index (χ3n) is 2.28. The SMILES string of the molecule is CC(CCl)Cc1ccc2c(c1)OCO2. The third-order valence-corrected chi connectivity index (χ3v) is 2.81. The van der Waals surface area contributed by atoms with Crippen molar-refractivity contribution in [3.63, 3.8) is 0 Å². The highest BCUT2D eigenvalue weighted by Gasteiger charge is 2.13. The van der Waals surface area contributed by atoms with Gasteiger partial charge in [0.2, 0.25) is 6.79 Å². The number of rotatable bonds is 3. The van der Waals surface area contributed by atoms with Gasteiger partial charge in [-0.3, -0.25) is 0 Å². The van der Waals surface area contributed by atoms with Crippen LogP contribution in [0.3, 0.4) is 0 Å². The van der Waals surface area contributed by atoms with Gasteiger partial charge in [0.25, 0.3) is 0 Å². The summed E-state index contributed by atoms with van der Waals surface area (Å²) in [7, 11) is 0. The molecule has 14 heavy (non-hydrogen) atoms. The molecule has 0 aromatic heterocycles. The van der Waals surface area contributed by atoms with E-state index in [0.29, 0.717) is 18.6 Å². The minimum Gasteiger partial charge on any atom is -0.454 e. The Labute approximate surface area is 88.8 Å². The van der Waals surface area contributed by atoms with E-state index in [9.17, 15) is 0 Å². The lowest BCUT2D eigenvalue weighted by Crippen LogP contribution is -2.00. The Morgan fingerprint density at radius 3 is 2.93 bits per heavy atom. The standard InChI is InChI=1S/C11H13ClO2/c1-8(6-12)4-9-2-3-10-11(5-9)14-7-13-10/h2-3,5,8H,4,6-7H2,1H3. The largest absolute Gasteiger partial charge is 0.454 e. The normalized spacial score (nSPS) is 15.6. The van der Waals surface area contributed by atoms with Crippen LogP contribution >= 0.6 is 11.6 Å². The molecule has 0 radical (unpaired) electrons. The van der Waals surface area contributed by atoms with Crippen molar-refractivity contribution in [2.45, 2.75) is 13.3 Å². The lowest BCUT2D eigenvalue weighted by atomic mass is 10.0. The molecule has 3 heteroatoms. The first-order valence-corrected chi connectivity index (χ1v) is 5.27. The number of fused-ring (bicyclic) bond motifs is 1. The van der Waals surface area contributed by atoms with Crippen molar-refractivity contribution in [1.29, 1.82) is 0 Å². The number of halogens is 1. The summed E-state index contributed by atoms with van der Waals surface area (Å²) in [6, 6.07) is 6.06. The minimum absolute atomic E-state index is 0.337. The summed E-state index contributed by atoms with van der Waals surface area (Å²) in [6.07, 6.45) is 0.986. The van der Waals surface area contributed by atoms with Crippen LogP contribution in [-0.2, 0) is 6.42 Å². The topological polar surface area (TPSA) is 18.5 Å². The highest BCUT2D eigenvalue weighted by Crippen LogP contribution is 2.33. The number of ether oxygens (including phenoxy) is 2. The first-order chi connectivity index (χ1) is 6.79. The van der Waals surface area contributed by atoms with Crippen LogP contribution in [0.25, 0.3) is 0 Å². The maximum atomic E-state index is 5.76. The molecule has 0 fully saturated rings. The van der Waals surface area contributed by atoms with Gasteiger partial charge >= 0.3 is 0 Å². The van der Waals surface area contributed by atoms with Crippen molar-refractivity contribution in [3.05, 3.63) is 23.8 Å². The summed E-state index contributed by atoms with van der Waals surface area (Å²) >= 11 is 5.76. The average Bonchev–Trinajstić information content (AvgIpc) is 2.64. The van der Waals surface area contributed by atoms with Gasteiger partial charge in [-0.15, -0.1) is 11.6 Å². The Morgan fingerprint density at radius 1 is 1.36 bits per heavy atom. The van der Waals surface area contributed by atoms with Crippen LogP contribution in [0.4, 0.5) is 0 Å². The maximum Gasteiger partial charge on any atom is 0.231 e. The molecule has 0 amide bonds. The van der Waals surface area contributed by atoms with E-state index in [1.54, 1.807) is 0 Å². The zero-order valence-corrected chi connectivity index (χ0v) is 8.88. The third kappa shape index (κ3) is 1.95. The highest BCUT2D eigenvalue weighted by atomic mass is 35.5. The van der Waals surface area contributed by atoms with E-state index in [4.69, 9.17) is 21.1 Å². The van der Waals surface area contributed by atoms with Gasteiger partial charge in [-0.05, 0) is 30.0 Å². The zero-order valence-electron chi connectivity index (χ0n) is 8.13. The summed E-state index contributed by atoms with van der Waals surface area (Å²) in [5.41, 5.74) is 1.25. The Balaban J connectivity index is 2.12. The molecule has 1 aliphatic rings. The van der Waals surface area contributed by atoms with E-state index < -0.39 is 0 Å². The summed E-state index contributed by atoms with van der Waals surface area (Å²) in [5, 5.41) is 0. The van der Waals surface area contributed by atoms with E-state index in [1.807, 2.05) is 12.1 Å². The van der Waals surface area contributed by atoms with E-state index in [-0.39, 0.29) is 0 Å². The van der Waals surface area contributed by atoms with E-state index >= 15 is 0 Å². The Morgan fingerprint density at radius 2 is 2.14 bits per heavy atom. The second-order valence-corrected chi connectivity index (χ2v) is 3.96. The van der Waals surface area contributed by atoms with E-state index in [2.05, 4.69) is 13.0 Å². The van der Waals surface area contributed by atoms with Crippen LogP contribution < -0.4 is 9.47 Å². The smallest absolute Gasteiger partial charge is 0.231 e. The fourth-order valence-corrected chi connectivity index (χ4v) is 1.63. The molecular weight excluding hydrogens is 200 g/mol. The number of hydrogen-bond acceptors (Lipinski definition) is 2. The minimum atomic E-state index is 0.337. The highest BCUT2D eigenvalue weighted by molar-refractivity contribution is 6.18. The number of alkyl halides is 1. The monoisotopic (exact) mass is 212 g/mol. The summed E-state index contributed by atoms with van der Waals surface area (Å²) < 4.78 is 10.5. The Kier molecular flexibility index (Phi) is 2.82. The van der Waals surface area contributed by atoms with Gasteiger partial charge in [0, 0.05) is 5.88 Å². The first kappa shape index (κ1) is 9.66. The molecule has 2 rings (SSSR count). The van der Waals surface area contributed by atoms with Crippen LogP contribution in [0, 0.1) is 5.92 Å². The van der Waals surface area contributed by atoms with Crippen molar-refractivity contribution in [2.75, 3.05) is 12.7 Å². The second kappa shape index (κ2) is 4.09. The van der Waals surface area contributed by atoms with Gasteiger partial charge in [0.15, 0.2) is 11.5 Å². The molecule has 76 valence electrons. The van der Waals surface area contributed by atoms with Crippen LogP contribution in [0.5, 0.6) is 11.5 Å². The lowest BCUT2D eigenvalue weighted by molar-refractivity contribution is 0.174. The molecule has 0 saturated heterocycles. The lowest BCUT2D eigenvalue weighted by Gasteiger charge is -2.07. The summed E-state index contributed by atoms with van der Waals surface area (Å²) in [4.78, 5) is 0. The zero-order chi connectivity index (χ0) is 9.97.